The van der Waals surface area contributed by atoms with Gasteiger partial charge in [-0.05, 0) is 67.1 Å². The van der Waals surface area contributed by atoms with E-state index in [9.17, 15) is 9.59 Å². The van der Waals surface area contributed by atoms with E-state index in [0.29, 0.717) is 46.2 Å². The molecule has 0 spiro atoms. The lowest BCUT2D eigenvalue weighted by molar-refractivity contribution is -0.122. The Morgan fingerprint density at radius 2 is 1.79 bits per heavy atom. The molecule has 8 heteroatoms. The lowest BCUT2D eigenvalue weighted by Crippen LogP contribution is -2.27. The fourth-order valence-electron chi connectivity index (χ4n) is 2.72. The highest BCUT2D eigenvalue weighted by molar-refractivity contribution is 8.18. The van der Waals surface area contributed by atoms with Crippen molar-refractivity contribution in [1.82, 2.24) is 4.90 Å². The van der Waals surface area contributed by atoms with Crippen LogP contribution in [0.25, 0.3) is 6.08 Å². The van der Waals surface area contributed by atoms with E-state index in [1.807, 2.05) is 19.1 Å². The molecule has 0 saturated carbocycles. The van der Waals surface area contributed by atoms with Crippen LogP contribution in [-0.4, -0.2) is 29.2 Å². The number of halogens is 2. The number of hydrogen-bond acceptors (Lipinski definition) is 5. The maximum Gasteiger partial charge on any atom is 0.293 e. The van der Waals surface area contributed by atoms with Crippen LogP contribution in [0, 0.1) is 0 Å². The molecule has 152 valence electrons. The molecule has 2 aromatic rings. The molecule has 1 aliphatic heterocycles. The Bertz CT molecular complexity index is 977. The first-order valence-electron chi connectivity index (χ1n) is 9.01. The summed E-state index contributed by atoms with van der Waals surface area (Å²) in [6.45, 7) is 4.76. The van der Waals surface area contributed by atoms with Crippen LogP contribution < -0.4 is 9.47 Å². The molecule has 2 aromatic carbocycles. The second-order valence-electron chi connectivity index (χ2n) is 6.10. The summed E-state index contributed by atoms with van der Waals surface area (Å²) in [6, 6.07) is 10.7. The van der Waals surface area contributed by atoms with Gasteiger partial charge in [0.15, 0.2) is 11.5 Å². The maximum atomic E-state index is 12.3. The molecule has 29 heavy (non-hydrogen) atoms. The Hall–Kier alpha value is -2.15. The van der Waals surface area contributed by atoms with Crippen molar-refractivity contribution in [2.45, 2.75) is 20.5 Å². The number of nitrogens with zero attached hydrogens (tertiary/aromatic N) is 1. The number of hydrogen-bond donors (Lipinski definition) is 0. The molecule has 0 bridgehead atoms. The van der Waals surface area contributed by atoms with E-state index >= 15 is 0 Å². The Morgan fingerprint density at radius 1 is 1.00 bits per heavy atom. The van der Waals surface area contributed by atoms with Crippen molar-refractivity contribution in [3.05, 3.63) is 62.5 Å². The molecule has 1 aliphatic rings. The van der Waals surface area contributed by atoms with Gasteiger partial charge in [0, 0.05) is 6.54 Å². The van der Waals surface area contributed by atoms with Gasteiger partial charge in [0.25, 0.3) is 11.1 Å². The van der Waals surface area contributed by atoms with Crippen LogP contribution in [0.15, 0.2) is 41.3 Å². The van der Waals surface area contributed by atoms with Crippen LogP contribution in [0.1, 0.15) is 25.0 Å². The second kappa shape index (κ2) is 9.57. The average molecular weight is 452 g/mol. The topological polar surface area (TPSA) is 55.8 Å². The van der Waals surface area contributed by atoms with E-state index in [4.69, 9.17) is 32.7 Å². The average Bonchev–Trinajstić information content (AvgIpc) is 2.96. The maximum absolute atomic E-state index is 12.3. The van der Waals surface area contributed by atoms with E-state index in [1.165, 1.54) is 4.90 Å². The summed E-state index contributed by atoms with van der Waals surface area (Å²) in [4.78, 5) is 25.8. The van der Waals surface area contributed by atoms with Gasteiger partial charge in [-0.1, -0.05) is 35.3 Å². The van der Waals surface area contributed by atoms with Gasteiger partial charge < -0.3 is 9.47 Å². The molecule has 5 nitrogen and oxygen atoms in total. The Kier molecular flexibility index (Phi) is 7.11. The molecule has 1 fully saturated rings. The molecule has 0 aromatic heterocycles. The zero-order chi connectivity index (χ0) is 21.0. The molecule has 0 radical (unpaired) electrons. The SMILES string of the molecule is CCOc1cc(/C=C2/SC(=O)N(CC)C2=O)ccc1OCc1ccc(Cl)c(Cl)c1. The van der Waals surface area contributed by atoms with Gasteiger partial charge >= 0.3 is 0 Å². The Balaban J connectivity index is 1.80. The van der Waals surface area contributed by atoms with E-state index < -0.39 is 0 Å². The van der Waals surface area contributed by atoms with Gasteiger partial charge in [-0.25, -0.2) is 0 Å². The number of benzene rings is 2. The summed E-state index contributed by atoms with van der Waals surface area (Å²) in [7, 11) is 0. The number of amides is 2. The summed E-state index contributed by atoms with van der Waals surface area (Å²) >= 11 is 12.9. The summed E-state index contributed by atoms with van der Waals surface area (Å²) in [5.74, 6) is 0.841. The molecule has 2 amide bonds. The number of imide groups is 1. The van der Waals surface area contributed by atoms with Crippen LogP contribution in [0.5, 0.6) is 11.5 Å². The van der Waals surface area contributed by atoms with Crippen molar-refractivity contribution >= 4 is 52.2 Å². The molecular formula is C21H19Cl2NO4S. The van der Waals surface area contributed by atoms with Gasteiger partial charge in [0.1, 0.15) is 6.61 Å². The largest absolute Gasteiger partial charge is 0.490 e. The zero-order valence-corrected chi connectivity index (χ0v) is 18.2. The first-order chi connectivity index (χ1) is 13.9. The number of rotatable bonds is 7. The number of thioether (sulfide) groups is 1. The fourth-order valence-corrected chi connectivity index (χ4v) is 3.94. The first kappa shape index (κ1) is 21.6. The molecule has 3 rings (SSSR count). The molecule has 0 aliphatic carbocycles. The van der Waals surface area contributed by atoms with Gasteiger partial charge in [0.2, 0.25) is 0 Å². The zero-order valence-electron chi connectivity index (χ0n) is 15.9. The van der Waals surface area contributed by atoms with Crippen molar-refractivity contribution in [2.24, 2.45) is 0 Å². The number of likely N-dealkylation sites (N-methyl/N-ethyl adjacent to an activating group) is 1. The normalized spacial score (nSPS) is 15.3. The van der Waals surface area contributed by atoms with Crippen LogP contribution in [0.2, 0.25) is 10.0 Å². The summed E-state index contributed by atoms with van der Waals surface area (Å²) < 4.78 is 11.6. The van der Waals surface area contributed by atoms with Crippen molar-refractivity contribution in [3.63, 3.8) is 0 Å². The van der Waals surface area contributed by atoms with Crippen LogP contribution in [-0.2, 0) is 11.4 Å². The van der Waals surface area contributed by atoms with E-state index in [0.717, 1.165) is 22.9 Å². The minimum Gasteiger partial charge on any atom is -0.490 e. The van der Waals surface area contributed by atoms with Gasteiger partial charge in [-0.2, -0.15) is 0 Å². The number of carbonyl (C=O) groups excluding carboxylic acids is 2. The highest BCUT2D eigenvalue weighted by Crippen LogP contribution is 2.35. The highest BCUT2D eigenvalue weighted by atomic mass is 35.5. The van der Waals surface area contributed by atoms with Crippen molar-refractivity contribution in [2.75, 3.05) is 13.2 Å². The summed E-state index contributed by atoms with van der Waals surface area (Å²) in [6.07, 6.45) is 1.69. The van der Waals surface area contributed by atoms with Crippen LogP contribution in [0.4, 0.5) is 4.79 Å². The van der Waals surface area contributed by atoms with Crippen molar-refractivity contribution in [3.8, 4) is 11.5 Å². The number of carbonyl (C=O) groups is 2. The third-order valence-corrected chi connectivity index (χ3v) is 5.78. The second-order valence-corrected chi connectivity index (χ2v) is 7.91. The van der Waals surface area contributed by atoms with Crippen molar-refractivity contribution < 1.29 is 19.1 Å². The van der Waals surface area contributed by atoms with E-state index in [-0.39, 0.29) is 11.1 Å². The van der Waals surface area contributed by atoms with Gasteiger partial charge in [-0.3, -0.25) is 14.5 Å². The lowest BCUT2D eigenvalue weighted by atomic mass is 10.1. The summed E-state index contributed by atoms with van der Waals surface area (Å²) in [5, 5.41) is 0.701. The third-order valence-electron chi connectivity index (χ3n) is 4.13. The molecule has 1 saturated heterocycles. The fraction of sp³-hybridized carbons (Fsp3) is 0.238. The monoisotopic (exact) mass is 451 g/mol. The highest BCUT2D eigenvalue weighted by Gasteiger charge is 2.33. The predicted octanol–water partition coefficient (Wildman–Crippen LogP) is 6.03. The predicted molar refractivity (Wildman–Crippen MR) is 117 cm³/mol. The van der Waals surface area contributed by atoms with Crippen LogP contribution >= 0.6 is 35.0 Å². The lowest BCUT2D eigenvalue weighted by Gasteiger charge is -2.13. The van der Waals surface area contributed by atoms with E-state index in [2.05, 4.69) is 0 Å². The first-order valence-corrected chi connectivity index (χ1v) is 10.6. The minimum absolute atomic E-state index is 0.254. The minimum atomic E-state index is -0.277. The van der Waals surface area contributed by atoms with Gasteiger partial charge in [0.05, 0.1) is 21.6 Å². The number of ether oxygens (including phenoxy) is 2. The standard InChI is InChI=1S/C21H19Cl2NO4S/c1-3-24-20(25)19(29-21(24)26)11-13-6-8-17(18(10-13)27-4-2)28-12-14-5-7-15(22)16(23)9-14/h5-11H,3-4,12H2,1-2H3/b19-11+. The third kappa shape index (κ3) is 5.07. The Labute approximate surface area is 183 Å². The smallest absolute Gasteiger partial charge is 0.293 e. The molecule has 1 heterocycles. The summed E-state index contributed by atoms with van der Waals surface area (Å²) in [5.41, 5.74) is 1.62. The Morgan fingerprint density at radius 3 is 2.45 bits per heavy atom. The molecule has 0 unspecified atom stereocenters. The van der Waals surface area contributed by atoms with Gasteiger partial charge in [-0.15, -0.1) is 0 Å². The van der Waals surface area contributed by atoms with E-state index in [1.54, 1.807) is 37.3 Å². The van der Waals surface area contributed by atoms with Crippen molar-refractivity contribution in [1.29, 1.82) is 0 Å². The molecule has 0 N–H and O–H groups in total. The van der Waals surface area contributed by atoms with Crippen LogP contribution in [0.3, 0.4) is 0 Å². The molecular weight excluding hydrogens is 433 g/mol. The molecule has 0 atom stereocenters. The quantitative estimate of drug-likeness (QED) is 0.481.